The Hall–Kier alpha value is -4.24. The normalized spacial score (nSPS) is 11.7. The highest BCUT2D eigenvalue weighted by Gasteiger charge is 2.22. The molecule has 0 aliphatic carbocycles. The lowest BCUT2D eigenvalue weighted by Gasteiger charge is -2.20. The summed E-state index contributed by atoms with van der Waals surface area (Å²) in [7, 11) is 0. The van der Waals surface area contributed by atoms with Crippen LogP contribution in [-0.4, -0.2) is 15.3 Å². The first kappa shape index (κ1) is 19.1. The molecule has 3 aromatic carbocycles. The van der Waals surface area contributed by atoms with Crippen LogP contribution in [-0.2, 0) is 0 Å². The number of carbonyl (C=O) groups is 1. The molecular weight excluding hydrogens is 378 g/mol. The molecule has 30 heavy (non-hydrogen) atoms. The summed E-state index contributed by atoms with van der Waals surface area (Å²) in [6.07, 6.45) is 1.94. The molecule has 0 N–H and O–H groups in total. The van der Waals surface area contributed by atoms with Crippen LogP contribution in [0.2, 0.25) is 0 Å². The van der Waals surface area contributed by atoms with Crippen molar-refractivity contribution in [1.82, 2.24) is 4.57 Å². The molecule has 0 aliphatic rings. The topological polar surface area (TPSA) is 88.9 Å². The predicted molar refractivity (Wildman–Crippen MR) is 113 cm³/mol. The second kappa shape index (κ2) is 8.02. The van der Waals surface area contributed by atoms with Crippen LogP contribution in [0.4, 0.5) is 5.69 Å². The first-order valence-corrected chi connectivity index (χ1v) is 9.41. The zero-order chi connectivity index (χ0) is 21.1. The van der Waals surface area contributed by atoms with E-state index < -0.39 is 4.92 Å². The number of nitriles is 1. The van der Waals surface area contributed by atoms with Crippen LogP contribution in [0.3, 0.4) is 0 Å². The van der Waals surface area contributed by atoms with Gasteiger partial charge in [-0.3, -0.25) is 14.9 Å². The second-order valence-electron chi connectivity index (χ2n) is 6.94. The van der Waals surface area contributed by atoms with Gasteiger partial charge in [0.2, 0.25) is 0 Å². The fraction of sp³-hybridized carbons (Fsp3) is 0.0833. The summed E-state index contributed by atoms with van der Waals surface area (Å²) in [5.74, 6) is -0.130. The van der Waals surface area contributed by atoms with Crippen molar-refractivity contribution in [3.05, 3.63) is 112 Å². The summed E-state index contributed by atoms with van der Waals surface area (Å²) in [5.41, 5.74) is 2.73. The average Bonchev–Trinajstić information content (AvgIpc) is 3.16. The van der Waals surface area contributed by atoms with Gasteiger partial charge in [-0.1, -0.05) is 48.5 Å². The minimum atomic E-state index is -0.490. The Labute approximate surface area is 172 Å². The molecule has 0 bridgehead atoms. The van der Waals surface area contributed by atoms with E-state index >= 15 is 0 Å². The molecule has 4 rings (SSSR count). The summed E-state index contributed by atoms with van der Waals surface area (Å²) in [6.45, 7) is 0. The molecule has 1 atom stereocenters. The number of ketones is 1. The van der Waals surface area contributed by atoms with Crippen LogP contribution in [0.15, 0.2) is 85.1 Å². The predicted octanol–water partition coefficient (Wildman–Crippen LogP) is 5.28. The van der Waals surface area contributed by atoms with Crippen LogP contribution >= 0.6 is 0 Å². The van der Waals surface area contributed by atoms with Crippen LogP contribution in [0.25, 0.3) is 10.9 Å². The van der Waals surface area contributed by atoms with E-state index in [1.165, 1.54) is 24.3 Å². The molecule has 0 amide bonds. The summed E-state index contributed by atoms with van der Waals surface area (Å²) in [5, 5.41) is 21.3. The third-order valence-corrected chi connectivity index (χ3v) is 5.16. The van der Waals surface area contributed by atoms with Crippen molar-refractivity contribution < 1.29 is 9.72 Å². The maximum absolute atomic E-state index is 13.0. The Morgan fingerprint density at radius 1 is 1.00 bits per heavy atom. The van der Waals surface area contributed by atoms with E-state index in [0.717, 1.165) is 16.5 Å². The highest BCUT2D eigenvalue weighted by molar-refractivity contribution is 5.97. The number of aromatic nitrogens is 1. The van der Waals surface area contributed by atoms with Gasteiger partial charge in [-0.05, 0) is 23.8 Å². The van der Waals surface area contributed by atoms with Crippen LogP contribution in [0, 0.1) is 21.4 Å². The van der Waals surface area contributed by atoms with Gasteiger partial charge in [0.15, 0.2) is 5.78 Å². The van der Waals surface area contributed by atoms with Crippen molar-refractivity contribution in [2.24, 2.45) is 0 Å². The molecule has 1 aromatic heterocycles. The van der Waals surface area contributed by atoms with Crippen LogP contribution in [0.5, 0.6) is 0 Å². The van der Waals surface area contributed by atoms with Gasteiger partial charge in [0.1, 0.15) is 6.07 Å². The van der Waals surface area contributed by atoms with Crippen molar-refractivity contribution in [3.8, 4) is 6.07 Å². The molecule has 1 heterocycles. The number of carbonyl (C=O) groups excluding carboxylic acids is 1. The van der Waals surface area contributed by atoms with Gasteiger partial charge in [0.25, 0.3) is 5.69 Å². The number of nitro groups is 1. The molecule has 6 nitrogen and oxygen atoms in total. The Bertz CT molecular complexity index is 1270. The van der Waals surface area contributed by atoms with Crippen LogP contribution in [0.1, 0.15) is 33.9 Å². The Kier molecular flexibility index (Phi) is 5.10. The zero-order valence-electron chi connectivity index (χ0n) is 15.9. The lowest BCUT2D eigenvalue weighted by Crippen LogP contribution is -2.15. The van der Waals surface area contributed by atoms with E-state index in [4.69, 9.17) is 0 Å². The monoisotopic (exact) mass is 395 g/mol. The number of fused-ring (bicyclic) bond motifs is 1. The highest BCUT2D eigenvalue weighted by Crippen LogP contribution is 2.31. The number of benzene rings is 3. The van der Waals surface area contributed by atoms with E-state index in [9.17, 15) is 20.2 Å². The van der Waals surface area contributed by atoms with E-state index in [2.05, 4.69) is 6.07 Å². The molecule has 6 heteroatoms. The lowest BCUT2D eigenvalue weighted by molar-refractivity contribution is -0.384. The van der Waals surface area contributed by atoms with Crippen molar-refractivity contribution in [2.45, 2.75) is 12.5 Å². The van der Waals surface area contributed by atoms with Crippen molar-refractivity contribution in [2.75, 3.05) is 0 Å². The van der Waals surface area contributed by atoms with Gasteiger partial charge >= 0.3 is 0 Å². The molecule has 0 spiro atoms. The Morgan fingerprint density at radius 3 is 2.33 bits per heavy atom. The molecule has 4 aromatic rings. The largest absolute Gasteiger partial charge is 0.338 e. The Morgan fingerprint density at radius 2 is 1.67 bits per heavy atom. The Balaban J connectivity index is 1.76. The number of nitrogens with zero attached hydrogens (tertiary/aromatic N) is 3. The molecular formula is C24H17N3O3. The molecule has 0 radical (unpaired) electrons. The third kappa shape index (κ3) is 3.56. The molecule has 146 valence electrons. The van der Waals surface area contributed by atoms with Gasteiger partial charge in [-0.25, -0.2) is 0 Å². The van der Waals surface area contributed by atoms with Crippen molar-refractivity contribution >= 4 is 22.4 Å². The van der Waals surface area contributed by atoms with E-state index in [0.29, 0.717) is 11.1 Å². The summed E-state index contributed by atoms with van der Waals surface area (Å²) < 4.78 is 1.96. The fourth-order valence-corrected chi connectivity index (χ4v) is 3.67. The minimum absolute atomic E-state index is 0.0544. The number of hydrogen-bond donors (Lipinski definition) is 0. The molecule has 1 unspecified atom stereocenters. The number of hydrogen-bond acceptors (Lipinski definition) is 4. The first-order valence-electron chi connectivity index (χ1n) is 9.41. The SMILES string of the molecule is N#Cc1cn(C(CC(=O)c2ccc([N+](=O)[O-])cc2)c2ccccc2)c2ccccc12. The second-order valence-corrected chi connectivity index (χ2v) is 6.94. The van der Waals surface area contributed by atoms with E-state index in [1.54, 1.807) is 6.20 Å². The number of Topliss-reactive ketones (excluding diaryl/α,β-unsaturated/α-hetero) is 1. The third-order valence-electron chi connectivity index (χ3n) is 5.16. The maximum atomic E-state index is 13.0. The smallest absolute Gasteiger partial charge is 0.269 e. The van der Waals surface area contributed by atoms with Gasteiger partial charge < -0.3 is 4.57 Å². The van der Waals surface area contributed by atoms with Gasteiger partial charge in [0, 0.05) is 41.2 Å². The lowest BCUT2D eigenvalue weighted by atomic mass is 9.97. The van der Waals surface area contributed by atoms with E-state index in [-0.39, 0.29) is 23.9 Å². The average molecular weight is 395 g/mol. The van der Waals surface area contributed by atoms with Crippen molar-refractivity contribution in [1.29, 1.82) is 5.26 Å². The number of rotatable bonds is 6. The number of para-hydroxylation sites is 1. The quantitative estimate of drug-likeness (QED) is 0.252. The standard InChI is InChI=1S/C24H17N3O3/c25-15-19-16-26(22-9-5-4-8-21(19)22)23(17-6-2-1-3-7-17)14-24(28)18-10-12-20(13-11-18)27(29)30/h1-13,16,23H,14H2. The first-order chi connectivity index (χ1) is 14.6. The number of non-ortho nitro benzene ring substituents is 1. The van der Waals surface area contributed by atoms with Crippen molar-refractivity contribution in [3.63, 3.8) is 0 Å². The summed E-state index contributed by atoms with van der Waals surface area (Å²) >= 11 is 0. The number of nitro benzene ring substituents is 1. The highest BCUT2D eigenvalue weighted by atomic mass is 16.6. The molecule has 0 saturated heterocycles. The van der Waals surface area contributed by atoms with Crippen LogP contribution < -0.4 is 0 Å². The molecule has 0 saturated carbocycles. The molecule has 0 aliphatic heterocycles. The minimum Gasteiger partial charge on any atom is -0.338 e. The van der Waals surface area contributed by atoms with Gasteiger partial charge in [-0.15, -0.1) is 0 Å². The summed E-state index contributed by atoms with van der Waals surface area (Å²) in [4.78, 5) is 23.4. The molecule has 0 fully saturated rings. The fourth-order valence-electron chi connectivity index (χ4n) is 3.67. The van der Waals surface area contributed by atoms with E-state index in [1.807, 2.05) is 59.2 Å². The summed E-state index contributed by atoms with van der Waals surface area (Å²) in [6, 6.07) is 24.8. The van der Waals surface area contributed by atoms with Gasteiger partial charge in [-0.2, -0.15) is 5.26 Å². The van der Waals surface area contributed by atoms with Gasteiger partial charge in [0.05, 0.1) is 16.5 Å². The maximum Gasteiger partial charge on any atom is 0.269 e. The zero-order valence-corrected chi connectivity index (χ0v) is 15.9.